The van der Waals surface area contributed by atoms with Crippen LogP contribution in [0.3, 0.4) is 0 Å². The Labute approximate surface area is 46.5 Å². The fourth-order valence-electron chi connectivity index (χ4n) is 0. The first-order valence-electron chi connectivity index (χ1n) is 1.09. The smallest absolute Gasteiger partial charge is 0.539 e. The maximum Gasteiger partial charge on any atom is 1.00 e. The first-order valence-corrected chi connectivity index (χ1v) is 1.09. The van der Waals surface area contributed by atoms with Crippen molar-refractivity contribution < 1.29 is 19.8 Å². The predicted molar refractivity (Wildman–Crippen MR) is 20.9 cm³/mol. The molecular formula is C3H4NO4. The van der Waals surface area contributed by atoms with Crippen LogP contribution in [0, 0.1) is 7.43 Å². The van der Waals surface area contributed by atoms with Crippen molar-refractivity contribution in [3.63, 3.8) is 0 Å². The third kappa shape index (κ3) is 8.84. The maximum absolute atomic E-state index is 9.04. The Morgan fingerprint density at radius 3 is 1.50 bits per heavy atom. The standard InChI is InChI=1S/C2H2O4.C.H3N/c3-1(4)2(5)6;;/h(H,3,4)(H,5,6);;1H3/q;+1;/p-1. The molecule has 0 saturated heterocycles. The normalized spacial score (nSPS) is 5.50. The van der Waals surface area contributed by atoms with Gasteiger partial charge in [-0.1, -0.05) is 0 Å². The van der Waals surface area contributed by atoms with E-state index in [0.717, 1.165) is 0 Å². The lowest BCUT2D eigenvalue weighted by Crippen LogP contribution is -2.30. The summed E-state index contributed by atoms with van der Waals surface area (Å²) in [7, 11) is 0. The lowest BCUT2D eigenvalue weighted by molar-refractivity contribution is -0.303. The number of aliphatic carboxylic acids is 2. The summed E-state index contributed by atoms with van der Waals surface area (Å²) in [5, 5.41) is 16.3. The molecule has 0 aliphatic carbocycles. The van der Waals surface area contributed by atoms with Crippen LogP contribution in [-0.2, 0) is 9.59 Å². The van der Waals surface area contributed by atoms with Crippen LogP contribution in [0.2, 0.25) is 0 Å². The summed E-state index contributed by atoms with van der Waals surface area (Å²) in [5.41, 5.74) is 0. The summed E-state index contributed by atoms with van der Waals surface area (Å²) >= 11 is 0. The van der Waals surface area contributed by atoms with Gasteiger partial charge >= 0.3 is 13.4 Å². The minimum absolute atomic E-state index is 0. The zero-order valence-corrected chi connectivity index (χ0v) is 3.88. The molecule has 0 aliphatic rings. The van der Waals surface area contributed by atoms with Gasteiger partial charge in [0, 0.05) is 0 Å². The Morgan fingerprint density at radius 1 is 1.38 bits per heavy atom. The van der Waals surface area contributed by atoms with E-state index in [-0.39, 0.29) is 13.6 Å². The highest BCUT2D eigenvalue weighted by atomic mass is 16.4. The molecule has 0 aromatic carbocycles. The third-order valence-corrected chi connectivity index (χ3v) is 0.175. The molecule has 4 N–H and O–H groups in total. The van der Waals surface area contributed by atoms with E-state index < -0.39 is 11.9 Å². The van der Waals surface area contributed by atoms with Gasteiger partial charge < -0.3 is 21.2 Å². The minimum atomic E-state index is -2.07. The molecule has 5 nitrogen and oxygen atoms in total. The van der Waals surface area contributed by atoms with Crippen LogP contribution in [0.25, 0.3) is 0 Å². The molecule has 0 spiro atoms. The first-order chi connectivity index (χ1) is 2.64. The van der Waals surface area contributed by atoms with E-state index >= 15 is 0 Å². The van der Waals surface area contributed by atoms with E-state index in [1.165, 1.54) is 0 Å². The zero-order chi connectivity index (χ0) is 5.15. The van der Waals surface area contributed by atoms with Crippen LogP contribution in [0.5, 0.6) is 0 Å². The van der Waals surface area contributed by atoms with Crippen LogP contribution in [0.1, 0.15) is 0 Å². The van der Waals surface area contributed by atoms with Gasteiger partial charge in [0.1, 0.15) is 0 Å². The van der Waals surface area contributed by atoms with E-state index in [1.807, 2.05) is 0 Å². The second-order valence-electron chi connectivity index (χ2n) is 0.593. The SMILES string of the molecule is N.O=C([O-])C(=O)O.[C+]. The number of carbonyl (C=O) groups is 2. The van der Waals surface area contributed by atoms with Crippen molar-refractivity contribution in [2.24, 2.45) is 0 Å². The van der Waals surface area contributed by atoms with Crippen LogP contribution >= 0.6 is 0 Å². The lowest BCUT2D eigenvalue weighted by atomic mass is 10.7. The second kappa shape index (κ2) is 5.77. The fourth-order valence-corrected chi connectivity index (χ4v) is 0. The highest BCUT2D eigenvalue weighted by Gasteiger charge is 1.90. The van der Waals surface area contributed by atoms with E-state index in [0.29, 0.717) is 0 Å². The molecule has 0 saturated carbocycles. The second-order valence-corrected chi connectivity index (χ2v) is 0.593. The Hall–Kier alpha value is -1.23. The molecule has 0 atom stereocenters. The molecule has 0 aromatic rings. The molecule has 45 valence electrons. The van der Waals surface area contributed by atoms with Crippen molar-refractivity contribution in [2.75, 3.05) is 0 Å². The van der Waals surface area contributed by atoms with Crippen molar-refractivity contribution >= 4 is 11.9 Å². The van der Waals surface area contributed by atoms with E-state index in [1.54, 1.807) is 0 Å². The Bertz CT molecular complexity index is 77.3. The van der Waals surface area contributed by atoms with E-state index in [2.05, 4.69) is 0 Å². The van der Waals surface area contributed by atoms with Gasteiger partial charge in [-0.05, 0) is 0 Å². The van der Waals surface area contributed by atoms with Crippen LogP contribution < -0.4 is 11.3 Å². The van der Waals surface area contributed by atoms with Gasteiger partial charge in [0.2, 0.25) is 0 Å². The molecule has 3 radical (unpaired) electrons. The van der Waals surface area contributed by atoms with Crippen molar-refractivity contribution in [1.82, 2.24) is 6.15 Å². The van der Waals surface area contributed by atoms with Gasteiger partial charge in [0.25, 0.3) is 0 Å². The molecule has 0 bridgehead atoms. The predicted octanol–water partition coefficient (Wildman–Crippen LogP) is -1.94. The first kappa shape index (κ1) is 15.9. The number of carbonyl (C=O) groups excluding carboxylic acids is 1. The molecule has 0 rings (SSSR count). The van der Waals surface area contributed by atoms with Gasteiger partial charge in [-0.25, -0.2) is 4.79 Å². The fraction of sp³-hybridized carbons (Fsp3) is 0. The molecule has 0 amide bonds. The topological polar surface area (TPSA) is 112 Å². The number of rotatable bonds is 0. The van der Waals surface area contributed by atoms with Crippen LogP contribution in [-0.4, -0.2) is 17.0 Å². The quantitative estimate of drug-likeness (QED) is 0.284. The largest absolute Gasteiger partial charge is 1.00 e. The highest BCUT2D eigenvalue weighted by Crippen LogP contribution is 1.49. The molecule has 0 unspecified atom stereocenters. The van der Waals surface area contributed by atoms with Crippen LogP contribution in [0.15, 0.2) is 0 Å². The lowest BCUT2D eigenvalue weighted by Gasteiger charge is -1.85. The average molecular weight is 118 g/mol. The summed E-state index contributed by atoms with van der Waals surface area (Å²) < 4.78 is 0. The Balaban J connectivity index is -0.000000125. The van der Waals surface area contributed by atoms with E-state index in [9.17, 15) is 0 Å². The molecule has 0 fully saturated rings. The van der Waals surface area contributed by atoms with Gasteiger partial charge in [0.05, 0.1) is 0 Å². The van der Waals surface area contributed by atoms with Crippen LogP contribution in [0.4, 0.5) is 0 Å². The summed E-state index contributed by atoms with van der Waals surface area (Å²) in [5.74, 6) is -4.01. The number of hydrogen-bond donors (Lipinski definition) is 2. The summed E-state index contributed by atoms with van der Waals surface area (Å²) in [6.07, 6.45) is 0. The minimum Gasteiger partial charge on any atom is -0.539 e. The van der Waals surface area contributed by atoms with Gasteiger partial charge in [-0.15, -0.1) is 0 Å². The molecule has 8 heavy (non-hydrogen) atoms. The number of carboxylic acid groups (broad SMARTS) is 2. The molecule has 5 heteroatoms. The summed E-state index contributed by atoms with van der Waals surface area (Å²) in [4.78, 5) is 18.0. The highest BCUT2D eigenvalue weighted by molar-refractivity contribution is 6.26. The van der Waals surface area contributed by atoms with Crippen molar-refractivity contribution in [3.8, 4) is 0 Å². The summed E-state index contributed by atoms with van der Waals surface area (Å²) in [6.45, 7) is 0. The Kier molecular flexibility index (Phi) is 11.4. The molecule has 0 aromatic heterocycles. The van der Waals surface area contributed by atoms with Gasteiger partial charge in [0.15, 0.2) is 5.97 Å². The molecule has 0 heterocycles. The number of carboxylic acids is 2. The third-order valence-electron chi connectivity index (χ3n) is 0.175. The van der Waals surface area contributed by atoms with Crippen molar-refractivity contribution in [1.29, 1.82) is 0 Å². The van der Waals surface area contributed by atoms with E-state index in [4.69, 9.17) is 19.8 Å². The Morgan fingerprint density at radius 2 is 1.50 bits per heavy atom. The van der Waals surface area contributed by atoms with Crippen molar-refractivity contribution in [2.45, 2.75) is 0 Å². The van der Waals surface area contributed by atoms with Gasteiger partial charge in [-0.2, -0.15) is 0 Å². The van der Waals surface area contributed by atoms with Crippen molar-refractivity contribution in [3.05, 3.63) is 7.43 Å². The maximum atomic E-state index is 9.04. The number of hydrogen-bond acceptors (Lipinski definition) is 4. The van der Waals surface area contributed by atoms with Gasteiger partial charge in [-0.3, -0.25) is 0 Å². The molecule has 0 aliphatic heterocycles. The monoisotopic (exact) mass is 118 g/mol. The zero-order valence-electron chi connectivity index (χ0n) is 3.88. The summed E-state index contributed by atoms with van der Waals surface area (Å²) in [6, 6.07) is 0. The average Bonchev–Trinajstić information content (AvgIpc) is 1.36. The molecular weight excluding hydrogens is 114 g/mol.